The lowest BCUT2D eigenvalue weighted by molar-refractivity contribution is -0.127. The molecule has 29 heavy (non-hydrogen) atoms. The molecule has 3 aromatic heterocycles. The van der Waals surface area contributed by atoms with Crippen molar-refractivity contribution in [3.05, 3.63) is 76.7 Å². The van der Waals surface area contributed by atoms with Gasteiger partial charge in [-0.1, -0.05) is 31.5 Å². The Morgan fingerprint density at radius 3 is 2.79 bits per heavy atom. The molecule has 7 heteroatoms. The number of aryl methyl sites for hydroxylation is 1. The molecule has 0 aliphatic carbocycles. The molecule has 6 nitrogen and oxygen atoms in total. The lowest BCUT2D eigenvalue weighted by Gasteiger charge is -2.20. The number of hydrogen-bond acceptors (Lipinski definition) is 4. The standard InChI is InChI=1S/C22H25ClN4O2/c1-16(2)13-27-22(23)20(17(3)25-27)8-9-21(28)26(15-19-7-5-11-29-19)14-18-6-4-10-24-12-18/h4-12,16H,13-15H2,1-3H3. The van der Waals surface area contributed by atoms with Gasteiger partial charge in [-0.2, -0.15) is 5.10 Å². The molecule has 0 unspecified atom stereocenters. The maximum Gasteiger partial charge on any atom is 0.247 e. The zero-order valence-electron chi connectivity index (χ0n) is 16.9. The fourth-order valence-electron chi connectivity index (χ4n) is 3.00. The van der Waals surface area contributed by atoms with Crippen molar-refractivity contribution in [2.45, 2.75) is 40.4 Å². The lowest BCUT2D eigenvalue weighted by atomic mass is 10.2. The predicted molar refractivity (Wildman–Crippen MR) is 113 cm³/mol. The van der Waals surface area contributed by atoms with Gasteiger partial charge in [-0.15, -0.1) is 0 Å². The first-order valence-corrected chi connectivity index (χ1v) is 9.93. The molecule has 0 bridgehead atoms. The number of carbonyl (C=O) groups is 1. The number of aromatic nitrogens is 3. The van der Waals surface area contributed by atoms with Gasteiger partial charge in [-0.3, -0.25) is 14.5 Å². The first kappa shape index (κ1) is 20.9. The number of hydrogen-bond donors (Lipinski definition) is 0. The van der Waals surface area contributed by atoms with Crippen molar-refractivity contribution in [3.63, 3.8) is 0 Å². The van der Waals surface area contributed by atoms with Crippen molar-refractivity contribution >= 4 is 23.6 Å². The molecule has 0 aliphatic rings. The lowest BCUT2D eigenvalue weighted by Crippen LogP contribution is -2.28. The van der Waals surface area contributed by atoms with E-state index < -0.39 is 0 Å². The largest absolute Gasteiger partial charge is 0.467 e. The number of halogens is 1. The van der Waals surface area contributed by atoms with Crippen LogP contribution >= 0.6 is 11.6 Å². The van der Waals surface area contributed by atoms with Gasteiger partial charge in [0.05, 0.1) is 18.5 Å². The van der Waals surface area contributed by atoms with Crippen LogP contribution in [0.25, 0.3) is 6.08 Å². The molecule has 0 saturated carbocycles. The summed E-state index contributed by atoms with van der Waals surface area (Å²) in [6.45, 7) is 7.63. The fraction of sp³-hybridized carbons (Fsp3) is 0.318. The van der Waals surface area contributed by atoms with Crippen molar-refractivity contribution < 1.29 is 9.21 Å². The summed E-state index contributed by atoms with van der Waals surface area (Å²) in [6, 6.07) is 7.46. The van der Waals surface area contributed by atoms with E-state index in [9.17, 15) is 4.79 Å². The highest BCUT2D eigenvalue weighted by molar-refractivity contribution is 6.31. The monoisotopic (exact) mass is 412 g/mol. The van der Waals surface area contributed by atoms with E-state index in [2.05, 4.69) is 23.9 Å². The summed E-state index contributed by atoms with van der Waals surface area (Å²) in [5, 5.41) is 5.03. The minimum absolute atomic E-state index is 0.141. The Kier molecular flexibility index (Phi) is 6.88. The average molecular weight is 413 g/mol. The molecule has 0 aliphatic heterocycles. The fourth-order valence-corrected chi connectivity index (χ4v) is 3.30. The number of rotatable bonds is 8. The first-order valence-electron chi connectivity index (χ1n) is 9.55. The van der Waals surface area contributed by atoms with E-state index in [0.717, 1.165) is 29.1 Å². The topological polar surface area (TPSA) is 64.2 Å². The van der Waals surface area contributed by atoms with E-state index in [-0.39, 0.29) is 5.91 Å². The quantitative estimate of drug-likeness (QED) is 0.501. The van der Waals surface area contributed by atoms with Crippen molar-refractivity contribution in [1.82, 2.24) is 19.7 Å². The van der Waals surface area contributed by atoms with Crippen LogP contribution in [0.15, 0.2) is 53.4 Å². The Balaban J connectivity index is 1.79. The van der Waals surface area contributed by atoms with Crippen molar-refractivity contribution in [2.24, 2.45) is 5.92 Å². The summed E-state index contributed by atoms with van der Waals surface area (Å²) < 4.78 is 7.20. The second-order valence-electron chi connectivity index (χ2n) is 7.33. The van der Waals surface area contributed by atoms with E-state index in [1.807, 2.05) is 31.2 Å². The number of furan rings is 1. The molecule has 0 radical (unpaired) electrons. The Morgan fingerprint density at radius 1 is 1.31 bits per heavy atom. The van der Waals surface area contributed by atoms with E-state index in [1.54, 1.807) is 34.3 Å². The zero-order valence-corrected chi connectivity index (χ0v) is 17.6. The first-order chi connectivity index (χ1) is 13.9. The van der Waals surface area contributed by atoms with Gasteiger partial charge in [0.25, 0.3) is 0 Å². The van der Waals surface area contributed by atoms with Crippen LogP contribution in [0, 0.1) is 12.8 Å². The highest BCUT2D eigenvalue weighted by Crippen LogP contribution is 2.22. The molecule has 152 valence electrons. The number of carbonyl (C=O) groups excluding carboxylic acids is 1. The van der Waals surface area contributed by atoms with Crippen LogP contribution in [0.2, 0.25) is 5.15 Å². The molecule has 0 N–H and O–H groups in total. The zero-order chi connectivity index (χ0) is 20.8. The van der Waals surface area contributed by atoms with Gasteiger partial charge in [0, 0.05) is 37.1 Å². The van der Waals surface area contributed by atoms with Crippen LogP contribution < -0.4 is 0 Å². The van der Waals surface area contributed by atoms with Gasteiger partial charge >= 0.3 is 0 Å². The van der Waals surface area contributed by atoms with Gasteiger partial charge in [-0.25, -0.2) is 0 Å². The number of amides is 1. The SMILES string of the molecule is Cc1nn(CC(C)C)c(Cl)c1C=CC(=O)N(Cc1cccnc1)Cc1ccco1. The summed E-state index contributed by atoms with van der Waals surface area (Å²) in [4.78, 5) is 18.8. The smallest absolute Gasteiger partial charge is 0.247 e. The molecule has 0 atom stereocenters. The minimum atomic E-state index is -0.141. The summed E-state index contributed by atoms with van der Waals surface area (Å²) >= 11 is 6.48. The molecule has 0 aromatic carbocycles. The van der Waals surface area contributed by atoms with Gasteiger partial charge in [0.1, 0.15) is 10.9 Å². The van der Waals surface area contributed by atoms with E-state index in [4.69, 9.17) is 16.0 Å². The molecule has 3 aromatic rings. The maximum absolute atomic E-state index is 13.0. The summed E-state index contributed by atoms with van der Waals surface area (Å²) in [5.41, 5.74) is 2.50. The van der Waals surface area contributed by atoms with Crippen LogP contribution in [0.1, 0.15) is 36.4 Å². The van der Waals surface area contributed by atoms with Crippen LogP contribution in [0.5, 0.6) is 0 Å². The van der Waals surface area contributed by atoms with E-state index >= 15 is 0 Å². The Labute approximate surface area is 175 Å². The molecular weight excluding hydrogens is 388 g/mol. The Bertz CT molecular complexity index is 962. The highest BCUT2D eigenvalue weighted by atomic mass is 35.5. The van der Waals surface area contributed by atoms with Crippen molar-refractivity contribution in [1.29, 1.82) is 0 Å². The third kappa shape index (κ3) is 5.57. The second-order valence-corrected chi connectivity index (χ2v) is 7.69. The molecule has 3 rings (SSSR count). The van der Waals surface area contributed by atoms with E-state index in [1.165, 1.54) is 6.08 Å². The van der Waals surface area contributed by atoms with Crippen LogP contribution in [-0.4, -0.2) is 25.6 Å². The summed E-state index contributed by atoms with van der Waals surface area (Å²) in [7, 11) is 0. The van der Waals surface area contributed by atoms with Crippen LogP contribution in [-0.2, 0) is 24.4 Å². The van der Waals surface area contributed by atoms with Gasteiger partial charge in [0.15, 0.2) is 0 Å². The molecule has 3 heterocycles. The Morgan fingerprint density at radius 2 is 2.14 bits per heavy atom. The third-order valence-electron chi connectivity index (χ3n) is 4.37. The van der Waals surface area contributed by atoms with Gasteiger partial charge in [0.2, 0.25) is 5.91 Å². The normalized spacial score (nSPS) is 11.5. The van der Waals surface area contributed by atoms with Crippen LogP contribution in [0.4, 0.5) is 0 Å². The second kappa shape index (κ2) is 9.56. The summed E-state index contributed by atoms with van der Waals surface area (Å²) in [5.74, 6) is 1.00. The average Bonchev–Trinajstić information content (AvgIpc) is 3.28. The molecular formula is C22H25ClN4O2. The van der Waals surface area contributed by atoms with Gasteiger partial charge < -0.3 is 9.32 Å². The van der Waals surface area contributed by atoms with Crippen molar-refractivity contribution in [3.8, 4) is 0 Å². The number of pyridine rings is 1. The third-order valence-corrected chi connectivity index (χ3v) is 4.77. The Hall–Kier alpha value is -2.86. The molecule has 0 saturated heterocycles. The number of nitrogens with zero attached hydrogens (tertiary/aromatic N) is 4. The van der Waals surface area contributed by atoms with Crippen LogP contribution in [0.3, 0.4) is 0 Å². The molecule has 0 spiro atoms. The predicted octanol–water partition coefficient (Wildman–Crippen LogP) is 4.73. The van der Waals surface area contributed by atoms with E-state index in [0.29, 0.717) is 24.2 Å². The molecule has 1 amide bonds. The van der Waals surface area contributed by atoms with Gasteiger partial charge in [-0.05, 0) is 42.7 Å². The van der Waals surface area contributed by atoms with Crippen molar-refractivity contribution in [2.75, 3.05) is 0 Å². The molecule has 0 fully saturated rings. The minimum Gasteiger partial charge on any atom is -0.467 e. The summed E-state index contributed by atoms with van der Waals surface area (Å²) in [6.07, 6.45) is 8.34. The maximum atomic E-state index is 13.0. The highest BCUT2D eigenvalue weighted by Gasteiger charge is 2.16.